The van der Waals surface area contributed by atoms with E-state index in [-0.39, 0.29) is 0 Å². The van der Waals surface area contributed by atoms with E-state index in [1.165, 1.54) is 6.42 Å². The van der Waals surface area contributed by atoms with Gasteiger partial charge in [0.1, 0.15) is 6.29 Å². The number of allylic oxidation sites excluding steroid dienone is 2. The second kappa shape index (κ2) is 1.94. The summed E-state index contributed by atoms with van der Waals surface area (Å²) in [7, 11) is 0. The molecule has 2 aliphatic carbocycles. The Morgan fingerprint density at radius 1 is 1.40 bits per heavy atom. The van der Waals surface area contributed by atoms with Crippen molar-refractivity contribution in [1.82, 2.24) is 0 Å². The largest absolute Gasteiger partial charge is 0.303 e. The van der Waals surface area contributed by atoms with E-state index in [0.717, 1.165) is 6.29 Å². The quantitative estimate of drug-likeness (QED) is 0.395. The van der Waals surface area contributed by atoms with Crippen molar-refractivity contribution in [3.05, 3.63) is 12.2 Å². The highest BCUT2D eigenvalue weighted by Gasteiger charge is 2.41. The summed E-state index contributed by atoms with van der Waals surface area (Å²) in [6, 6.07) is 0. The molecule has 0 aromatic carbocycles. The molecule has 1 nitrogen and oxygen atoms in total. The molecule has 2 rings (SSSR count). The number of rotatable bonds is 1. The van der Waals surface area contributed by atoms with Crippen LogP contribution in [-0.4, -0.2) is 6.29 Å². The fourth-order valence-electron chi connectivity index (χ4n) is 2.33. The van der Waals surface area contributed by atoms with Gasteiger partial charge in [-0.2, -0.15) is 0 Å². The maximum Gasteiger partial charge on any atom is 0.123 e. The van der Waals surface area contributed by atoms with Crippen molar-refractivity contribution in [2.24, 2.45) is 23.7 Å². The summed E-state index contributed by atoms with van der Waals surface area (Å²) < 4.78 is 0. The predicted octanol–water partition coefficient (Wildman–Crippen LogP) is 1.64. The predicted molar refractivity (Wildman–Crippen MR) is 39.5 cm³/mol. The molecule has 4 atom stereocenters. The van der Waals surface area contributed by atoms with E-state index in [0.29, 0.717) is 23.7 Å². The molecule has 0 aromatic heterocycles. The summed E-state index contributed by atoms with van der Waals surface area (Å²) in [5, 5.41) is 0. The lowest BCUT2D eigenvalue weighted by Gasteiger charge is -2.18. The third kappa shape index (κ3) is 0.606. The van der Waals surface area contributed by atoms with Gasteiger partial charge in [-0.1, -0.05) is 19.1 Å². The molecule has 0 aromatic rings. The summed E-state index contributed by atoms with van der Waals surface area (Å²) in [5.74, 6) is 2.22. The summed E-state index contributed by atoms with van der Waals surface area (Å²) in [6.45, 7) is 2.19. The first-order valence-corrected chi connectivity index (χ1v) is 3.96. The molecule has 1 heteroatoms. The van der Waals surface area contributed by atoms with Crippen LogP contribution in [0.25, 0.3) is 0 Å². The van der Waals surface area contributed by atoms with Gasteiger partial charge in [0.15, 0.2) is 0 Å². The number of hydrogen-bond donors (Lipinski definition) is 0. The fraction of sp³-hybridized carbons (Fsp3) is 0.667. The number of fused-ring (bicyclic) bond motifs is 2. The molecule has 0 unspecified atom stereocenters. The normalized spacial score (nSPS) is 50.1. The maximum atomic E-state index is 10.6. The Labute approximate surface area is 61.1 Å². The van der Waals surface area contributed by atoms with Crippen LogP contribution in [0.5, 0.6) is 0 Å². The van der Waals surface area contributed by atoms with Crippen molar-refractivity contribution < 1.29 is 4.79 Å². The van der Waals surface area contributed by atoms with Crippen molar-refractivity contribution in [2.75, 3.05) is 0 Å². The van der Waals surface area contributed by atoms with Crippen LogP contribution < -0.4 is 0 Å². The molecule has 1 fully saturated rings. The topological polar surface area (TPSA) is 17.1 Å². The van der Waals surface area contributed by atoms with Crippen LogP contribution in [-0.2, 0) is 4.79 Å². The highest BCUT2D eigenvalue weighted by atomic mass is 16.1. The van der Waals surface area contributed by atoms with Gasteiger partial charge < -0.3 is 4.79 Å². The van der Waals surface area contributed by atoms with E-state index in [1.807, 2.05) is 0 Å². The molecular formula is C9H12O. The number of hydrogen-bond acceptors (Lipinski definition) is 1. The average Bonchev–Trinajstić information content (AvgIpc) is 2.46. The Hall–Kier alpha value is -0.590. The van der Waals surface area contributed by atoms with Crippen LogP contribution in [0.3, 0.4) is 0 Å². The van der Waals surface area contributed by atoms with Gasteiger partial charge in [0.2, 0.25) is 0 Å². The fourth-order valence-corrected chi connectivity index (χ4v) is 2.33. The average molecular weight is 136 g/mol. The van der Waals surface area contributed by atoms with Gasteiger partial charge in [0.25, 0.3) is 0 Å². The zero-order valence-electron chi connectivity index (χ0n) is 6.16. The molecule has 0 radical (unpaired) electrons. The first-order chi connectivity index (χ1) is 4.83. The summed E-state index contributed by atoms with van der Waals surface area (Å²) in [4.78, 5) is 10.6. The molecule has 54 valence electrons. The highest BCUT2D eigenvalue weighted by Crippen LogP contribution is 2.46. The van der Waals surface area contributed by atoms with Crippen LogP contribution in [0.15, 0.2) is 12.2 Å². The smallest absolute Gasteiger partial charge is 0.123 e. The van der Waals surface area contributed by atoms with Gasteiger partial charge >= 0.3 is 0 Å². The lowest BCUT2D eigenvalue weighted by Crippen LogP contribution is -2.17. The second-order valence-corrected chi connectivity index (χ2v) is 3.52. The van der Waals surface area contributed by atoms with Crippen LogP contribution in [0.2, 0.25) is 0 Å². The van der Waals surface area contributed by atoms with E-state index >= 15 is 0 Å². The zero-order valence-corrected chi connectivity index (χ0v) is 6.16. The van der Waals surface area contributed by atoms with Gasteiger partial charge in [-0.25, -0.2) is 0 Å². The van der Waals surface area contributed by atoms with E-state index in [1.54, 1.807) is 0 Å². The van der Waals surface area contributed by atoms with Crippen LogP contribution >= 0.6 is 0 Å². The van der Waals surface area contributed by atoms with Gasteiger partial charge in [0, 0.05) is 5.92 Å². The van der Waals surface area contributed by atoms with Crippen molar-refractivity contribution in [2.45, 2.75) is 13.3 Å². The SMILES string of the molecule is C[C@H]1[C@@H](C=O)[C@@H]2C=C[C@H]1C2. The molecule has 0 saturated heterocycles. The summed E-state index contributed by atoms with van der Waals surface area (Å²) in [6.07, 6.45) is 6.85. The monoisotopic (exact) mass is 136 g/mol. The van der Waals surface area contributed by atoms with Gasteiger partial charge in [0.05, 0.1) is 0 Å². The molecule has 2 aliphatic rings. The van der Waals surface area contributed by atoms with Gasteiger partial charge in [-0.3, -0.25) is 0 Å². The third-order valence-corrected chi connectivity index (χ3v) is 3.08. The first-order valence-electron chi connectivity index (χ1n) is 3.96. The maximum absolute atomic E-state index is 10.6. The molecular weight excluding hydrogens is 124 g/mol. The van der Waals surface area contributed by atoms with Crippen molar-refractivity contribution >= 4 is 6.29 Å². The Morgan fingerprint density at radius 2 is 2.10 bits per heavy atom. The first kappa shape index (κ1) is 6.14. The van der Waals surface area contributed by atoms with Crippen molar-refractivity contribution in [3.63, 3.8) is 0 Å². The molecule has 1 saturated carbocycles. The second-order valence-electron chi connectivity index (χ2n) is 3.52. The minimum absolute atomic E-state index is 0.329. The zero-order chi connectivity index (χ0) is 7.14. The standard InChI is InChI=1S/C9H12O/c1-6-7-2-3-8(4-7)9(6)5-10/h2-3,5-9H,4H2,1H3/t6-,7+,8-,9-/m1/s1. The third-order valence-electron chi connectivity index (χ3n) is 3.08. The Bertz CT molecular complexity index is 183. The Kier molecular flexibility index (Phi) is 1.19. The van der Waals surface area contributed by atoms with Crippen molar-refractivity contribution in [3.8, 4) is 0 Å². The molecule has 0 spiro atoms. The summed E-state index contributed by atoms with van der Waals surface area (Å²) >= 11 is 0. The molecule has 0 amide bonds. The number of aldehydes is 1. The Balaban J connectivity index is 2.25. The van der Waals surface area contributed by atoms with Crippen molar-refractivity contribution in [1.29, 1.82) is 0 Å². The van der Waals surface area contributed by atoms with E-state index in [2.05, 4.69) is 19.1 Å². The van der Waals surface area contributed by atoms with Crippen LogP contribution in [0, 0.1) is 23.7 Å². The molecule has 0 N–H and O–H groups in total. The molecule has 0 heterocycles. The van der Waals surface area contributed by atoms with E-state index < -0.39 is 0 Å². The summed E-state index contributed by atoms with van der Waals surface area (Å²) in [5.41, 5.74) is 0. The van der Waals surface area contributed by atoms with E-state index in [4.69, 9.17) is 0 Å². The minimum Gasteiger partial charge on any atom is -0.303 e. The minimum atomic E-state index is 0.329. The molecule has 2 bridgehead atoms. The lowest BCUT2D eigenvalue weighted by atomic mass is 9.86. The van der Waals surface area contributed by atoms with Crippen LogP contribution in [0.4, 0.5) is 0 Å². The molecule has 0 aliphatic heterocycles. The molecule has 10 heavy (non-hydrogen) atoms. The Morgan fingerprint density at radius 3 is 2.50 bits per heavy atom. The van der Waals surface area contributed by atoms with Gasteiger partial charge in [-0.05, 0) is 24.2 Å². The lowest BCUT2D eigenvalue weighted by molar-refractivity contribution is -0.112. The van der Waals surface area contributed by atoms with Crippen LogP contribution in [0.1, 0.15) is 13.3 Å². The van der Waals surface area contributed by atoms with E-state index in [9.17, 15) is 4.79 Å². The number of carbonyl (C=O) groups is 1. The highest BCUT2D eigenvalue weighted by molar-refractivity contribution is 5.57. The van der Waals surface area contributed by atoms with Gasteiger partial charge in [-0.15, -0.1) is 0 Å². The number of carbonyl (C=O) groups excluding carboxylic acids is 1.